The molecule has 21 heavy (non-hydrogen) atoms. The molecule has 1 unspecified atom stereocenters. The minimum Gasteiger partial charge on any atom is -0.334 e. The van der Waals surface area contributed by atoms with Gasteiger partial charge in [0.05, 0.1) is 5.56 Å². The maximum absolute atomic E-state index is 13.3. The van der Waals surface area contributed by atoms with Crippen LogP contribution >= 0.6 is 0 Å². The van der Waals surface area contributed by atoms with Crippen molar-refractivity contribution < 1.29 is 22.1 Å². The topological polar surface area (TPSA) is 51.0 Å². The third-order valence-corrected chi connectivity index (χ3v) is 2.92. The molecular formula is C13H13F4N3O. The first-order valence-electron chi connectivity index (χ1n) is 6.17. The zero-order valence-electron chi connectivity index (χ0n) is 11.3. The van der Waals surface area contributed by atoms with Crippen molar-refractivity contribution in [1.29, 1.82) is 0 Å². The number of rotatable bonds is 4. The van der Waals surface area contributed by atoms with Gasteiger partial charge in [0.2, 0.25) is 0 Å². The molecular weight excluding hydrogens is 290 g/mol. The Labute approximate surface area is 118 Å². The quantitative estimate of drug-likeness (QED) is 0.882. The van der Waals surface area contributed by atoms with E-state index in [-0.39, 0.29) is 17.5 Å². The lowest BCUT2D eigenvalue weighted by atomic mass is 10.1. The number of hydrogen-bond donors (Lipinski definition) is 1. The van der Waals surface area contributed by atoms with Gasteiger partial charge in [0.1, 0.15) is 5.82 Å². The third kappa shape index (κ3) is 3.78. The van der Waals surface area contributed by atoms with Gasteiger partial charge in [-0.3, -0.25) is 0 Å². The summed E-state index contributed by atoms with van der Waals surface area (Å²) in [5.74, 6) is -0.814. The van der Waals surface area contributed by atoms with Crippen LogP contribution in [-0.2, 0) is 12.6 Å². The first-order valence-corrected chi connectivity index (χ1v) is 6.17. The molecule has 0 radical (unpaired) electrons. The average Bonchev–Trinajstić information content (AvgIpc) is 2.85. The van der Waals surface area contributed by atoms with E-state index in [0.717, 1.165) is 12.1 Å². The van der Waals surface area contributed by atoms with E-state index in [9.17, 15) is 17.6 Å². The number of benzene rings is 1. The molecule has 0 aliphatic rings. The van der Waals surface area contributed by atoms with E-state index in [1.165, 1.54) is 0 Å². The summed E-state index contributed by atoms with van der Waals surface area (Å²) in [7, 11) is 1.76. The Kier molecular flexibility index (Phi) is 4.26. The highest BCUT2D eigenvalue weighted by molar-refractivity contribution is 5.54. The van der Waals surface area contributed by atoms with Crippen molar-refractivity contribution in [3.63, 3.8) is 0 Å². The Morgan fingerprint density at radius 3 is 2.62 bits per heavy atom. The molecule has 0 amide bonds. The smallest absolute Gasteiger partial charge is 0.334 e. The van der Waals surface area contributed by atoms with E-state index in [2.05, 4.69) is 15.5 Å². The molecule has 114 valence electrons. The van der Waals surface area contributed by atoms with Crippen LogP contribution in [0.2, 0.25) is 0 Å². The van der Waals surface area contributed by atoms with Crippen LogP contribution in [-0.4, -0.2) is 23.2 Å². The molecule has 8 heteroatoms. The fraction of sp³-hybridized carbons (Fsp3) is 0.385. The van der Waals surface area contributed by atoms with Crippen molar-refractivity contribution in [2.24, 2.45) is 0 Å². The third-order valence-electron chi connectivity index (χ3n) is 2.92. The van der Waals surface area contributed by atoms with Crippen molar-refractivity contribution in [1.82, 2.24) is 15.5 Å². The Hall–Kier alpha value is -1.96. The highest BCUT2D eigenvalue weighted by Crippen LogP contribution is 2.32. The summed E-state index contributed by atoms with van der Waals surface area (Å²) in [6, 6.07) is 2.20. The number of hydrogen-bond acceptors (Lipinski definition) is 4. The zero-order chi connectivity index (χ0) is 15.6. The molecule has 1 N–H and O–H groups in total. The van der Waals surface area contributed by atoms with Gasteiger partial charge in [-0.2, -0.15) is 18.2 Å². The molecule has 0 aliphatic carbocycles. The van der Waals surface area contributed by atoms with Gasteiger partial charge in [-0.1, -0.05) is 5.16 Å². The predicted octanol–water partition coefficient (Wildman–Crippen LogP) is 3.04. The molecule has 0 aliphatic heterocycles. The Morgan fingerprint density at radius 2 is 2.00 bits per heavy atom. The molecule has 4 nitrogen and oxygen atoms in total. The van der Waals surface area contributed by atoms with Gasteiger partial charge in [0.15, 0.2) is 5.82 Å². The average molecular weight is 303 g/mol. The van der Waals surface area contributed by atoms with Crippen LogP contribution in [0.15, 0.2) is 22.7 Å². The van der Waals surface area contributed by atoms with Gasteiger partial charge in [-0.15, -0.1) is 0 Å². The van der Waals surface area contributed by atoms with Crippen LogP contribution in [0, 0.1) is 5.82 Å². The van der Waals surface area contributed by atoms with Crippen LogP contribution < -0.4 is 5.32 Å². The SMILES string of the molecule is CNC(C)Cc1noc(-c2cc(F)cc(C(F)(F)F)c2)n1. The van der Waals surface area contributed by atoms with Crippen molar-refractivity contribution >= 4 is 0 Å². The monoisotopic (exact) mass is 303 g/mol. The lowest BCUT2D eigenvalue weighted by molar-refractivity contribution is -0.137. The standard InChI is InChI=1S/C13H13F4N3O/c1-7(18-2)3-11-19-12(21-20-11)8-4-9(13(15,16)17)6-10(14)5-8/h4-7,18H,3H2,1-2H3. The van der Waals surface area contributed by atoms with Crippen LogP contribution in [0.3, 0.4) is 0 Å². The van der Waals surface area contributed by atoms with Gasteiger partial charge in [0, 0.05) is 18.0 Å². The largest absolute Gasteiger partial charge is 0.416 e. The fourth-order valence-electron chi connectivity index (χ4n) is 1.71. The molecule has 0 bridgehead atoms. The summed E-state index contributed by atoms with van der Waals surface area (Å²) in [4.78, 5) is 3.98. The minimum absolute atomic E-state index is 0.0775. The second kappa shape index (κ2) is 5.80. The molecule has 0 spiro atoms. The normalized spacial score (nSPS) is 13.4. The Morgan fingerprint density at radius 1 is 1.29 bits per heavy atom. The van der Waals surface area contributed by atoms with Gasteiger partial charge >= 0.3 is 6.18 Å². The number of likely N-dealkylation sites (N-methyl/N-ethyl adjacent to an activating group) is 1. The molecule has 0 saturated carbocycles. The highest BCUT2D eigenvalue weighted by atomic mass is 19.4. The maximum atomic E-state index is 13.3. The Balaban J connectivity index is 2.32. The van der Waals surface area contributed by atoms with Gasteiger partial charge < -0.3 is 9.84 Å². The second-order valence-corrected chi connectivity index (χ2v) is 4.64. The van der Waals surface area contributed by atoms with E-state index in [1.54, 1.807) is 7.05 Å². The summed E-state index contributed by atoms with van der Waals surface area (Å²) < 4.78 is 56.1. The Bertz CT molecular complexity index is 624. The maximum Gasteiger partial charge on any atom is 0.416 e. The zero-order valence-corrected chi connectivity index (χ0v) is 11.3. The van der Waals surface area contributed by atoms with Gasteiger partial charge in [-0.05, 0) is 32.2 Å². The molecule has 1 aromatic carbocycles. The number of alkyl halides is 3. The van der Waals surface area contributed by atoms with Crippen molar-refractivity contribution in [2.75, 3.05) is 7.05 Å². The minimum atomic E-state index is -4.64. The highest BCUT2D eigenvalue weighted by Gasteiger charge is 2.32. The van der Waals surface area contributed by atoms with Crippen molar-refractivity contribution in [2.45, 2.75) is 25.6 Å². The van der Waals surface area contributed by atoms with Crippen LogP contribution in [0.5, 0.6) is 0 Å². The van der Waals surface area contributed by atoms with Crippen LogP contribution in [0.1, 0.15) is 18.3 Å². The summed E-state index contributed by atoms with van der Waals surface area (Å²) in [5.41, 5.74) is -1.20. The summed E-state index contributed by atoms with van der Waals surface area (Å²) in [6.07, 6.45) is -4.19. The first kappa shape index (κ1) is 15.4. The predicted molar refractivity (Wildman–Crippen MR) is 66.9 cm³/mol. The van der Waals surface area contributed by atoms with E-state index >= 15 is 0 Å². The van der Waals surface area contributed by atoms with Crippen LogP contribution in [0.25, 0.3) is 11.5 Å². The first-order chi connectivity index (χ1) is 9.79. The number of halogens is 4. The van der Waals surface area contributed by atoms with Crippen LogP contribution in [0.4, 0.5) is 17.6 Å². The van der Waals surface area contributed by atoms with E-state index < -0.39 is 17.6 Å². The molecule has 1 heterocycles. The van der Waals surface area contributed by atoms with Crippen molar-refractivity contribution in [3.8, 4) is 11.5 Å². The molecule has 1 atom stereocenters. The molecule has 0 saturated heterocycles. The van der Waals surface area contributed by atoms with Gasteiger partial charge in [0.25, 0.3) is 5.89 Å². The summed E-state index contributed by atoms with van der Waals surface area (Å²) in [5, 5.41) is 6.64. The van der Waals surface area contributed by atoms with Gasteiger partial charge in [-0.25, -0.2) is 4.39 Å². The van der Waals surface area contributed by atoms with E-state index in [1.807, 2.05) is 6.92 Å². The fourth-order valence-corrected chi connectivity index (χ4v) is 1.71. The molecule has 1 aromatic heterocycles. The summed E-state index contributed by atoms with van der Waals surface area (Å²) in [6.45, 7) is 1.89. The number of nitrogens with one attached hydrogen (secondary N) is 1. The van der Waals surface area contributed by atoms with E-state index in [4.69, 9.17) is 4.52 Å². The molecule has 2 rings (SSSR count). The second-order valence-electron chi connectivity index (χ2n) is 4.64. The molecule has 2 aromatic rings. The van der Waals surface area contributed by atoms with E-state index in [0.29, 0.717) is 18.3 Å². The van der Waals surface area contributed by atoms with Crippen molar-refractivity contribution in [3.05, 3.63) is 35.4 Å². The lowest BCUT2D eigenvalue weighted by Gasteiger charge is -2.07. The number of aromatic nitrogens is 2. The molecule has 0 fully saturated rings. The number of nitrogens with zero attached hydrogens (tertiary/aromatic N) is 2. The lowest BCUT2D eigenvalue weighted by Crippen LogP contribution is -2.24. The summed E-state index contributed by atoms with van der Waals surface area (Å²) >= 11 is 0.